The SMILES string of the molecule is CCOc1ccc(C2(Cn3ccnc3)OCC(CSc3ccc(NC(=O)O)cc3)O2)cc1. The minimum atomic E-state index is -1.08. The number of hydrogen-bond donors (Lipinski definition) is 2. The Kier molecular flexibility index (Phi) is 6.99. The van der Waals surface area contributed by atoms with E-state index in [2.05, 4.69) is 10.3 Å². The van der Waals surface area contributed by atoms with E-state index in [1.165, 1.54) is 0 Å². The summed E-state index contributed by atoms with van der Waals surface area (Å²) in [5, 5.41) is 11.1. The van der Waals surface area contributed by atoms with Crippen LogP contribution in [0.2, 0.25) is 0 Å². The quantitative estimate of drug-likeness (QED) is 0.461. The zero-order valence-corrected chi connectivity index (χ0v) is 18.5. The summed E-state index contributed by atoms with van der Waals surface area (Å²) in [6, 6.07) is 15.1. The highest BCUT2D eigenvalue weighted by molar-refractivity contribution is 7.99. The Hall–Kier alpha value is -3.01. The number of thioether (sulfide) groups is 1. The predicted molar refractivity (Wildman–Crippen MR) is 121 cm³/mol. The van der Waals surface area contributed by atoms with E-state index in [1.54, 1.807) is 36.4 Å². The van der Waals surface area contributed by atoms with Crippen molar-refractivity contribution in [2.75, 3.05) is 24.3 Å². The second-order valence-electron chi connectivity index (χ2n) is 7.26. The molecular weight excluding hydrogens is 430 g/mol. The van der Waals surface area contributed by atoms with Crippen LogP contribution in [0.1, 0.15) is 12.5 Å². The summed E-state index contributed by atoms with van der Waals surface area (Å²) in [6.07, 6.45) is 4.18. The first-order valence-corrected chi connectivity index (χ1v) is 11.3. The average molecular weight is 456 g/mol. The molecule has 2 N–H and O–H groups in total. The molecule has 0 spiro atoms. The molecule has 0 radical (unpaired) electrons. The molecule has 8 nitrogen and oxygen atoms in total. The van der Waals surface area contributed by atoms with Crippen molar-refractivity contribution >= 4 is 23.5 Å². The van der Waals surface area contributed by atoms with Gasteiger partial charge in [0, 0.05) is 34.3 Å². The molecule has 32 heavy (non-hydrogen) atoms. The maximum absolute atomic E-state index is 10.7. The number of benzene rings is 2. The molecular formula is C23H25N3O5S. The van der Waals surface area contributed by atoms with Gasteiger partial charge >= 0.3 is 6.09 Å². The third-order valence-corrected chi connectivity index (χ3v) is 6.10. The lowest BCUT2D eigenvalue weighted by atomic mass is 10.1. The molecule has 1 aromatic heterocycles. The van der Waals surface area contributed by atoms with Gasteiger partial charge in [-0.3, -0.25) is 5.32 Å². The smallest absolute Gasteiger partial charge is 0.409 e. The summed E-state index contributed by atoms with van der Waals surface area (Å²) in [5.74, 6) is 0.598. The van der Waals surface area contributed by atoms with Gasteiger partial charge < -0.3 is 23.9 Å². The maximum atomic E-state index is 10.7. The third-order valence-electron chi connectivity index (χ3n) is 4.96. The van der Waals surface area contributed by atoms with Crippen molar-refractivity contribution in [3.05, 3.63) is 72.8 Å². The monoisotopic (exact) mass is 455 g/mol. The summed E-state index contributed by atoms with van der Waals surface area (Å²) >= 11 is 1.64. The Labute approximate surface area is 190 Å². The lowest BCUT2D eigenvalue weighted by Gasteiger charge is -2.29. The Morgan fingerprint density at radius 1 is 1.28 bits per heavy atom. The second-order valence-corrected chi connectivity index (χ2v) is 8.36. The number of imidazole rings is 1. The molecule has 4 rings (SSSR count). The molecule has 3 aromatic rings. The molecule has 1 fully saturated rings. The van der Waals surface area contributed by atoms with Crippen molar-refractivity contribution in [1.29, 1.82) is 0 Å². The highest BCUT2D eigenvalue weighted by Crippen LogP contribution is 2.38. The van der Waals surface area contributed by atoms with Gasteiger partial charge in [0.2, 0.25) is 5.79 Å². The molecule has 1 amide bonds. The molecule has 0 bridgehead atoms. The van der Waals surface area contributed by atoms with Gasteiger partial charge in [-0.1, -0.05) is 0 Å². The summed E-state index contributed by atoms with van der Waals surface area (Å²) in [6.45, 7) is 3.51. The van der Waals surface area contributed by atoms with E-state index in [-0.39, 0.29) is 6.10 Å². The number of carboxylic acid groups (broad SMARTS) is 1. The number of anilines is 1. The van der Waals surface area contributed by atoms with Gasteiger partial charge in [-0.2, -0.15) is 0 Å². The average Bonchev–Trinajstić information content (AvgIpc) is 3.45. The van der Waals surface area contributed by atoms with Gasteiger partial charge in [-0.05, 0) is 55.5 Å². The van der Waals surface area contributed by atoms with Gasteiger partial charge in [0.1, 0.15) is 5.75 Å². The number of amides is 1. The van der Waals surface area contributed by atoms with Crippen LogP contribution < -0.4 is 10.1 Å². The van der Waals surface area contributed by atoms with E-state index in [1.807, 2.05) is 54.1 Å². The first kappa shape index (κ1) is 22.2. The van der Waals surface area contributed by atoms with E-state index in [9.17, 15) is 4.79 Å². The van der Waals surface area contributed by atoms with Gasteiger partial charge in [0.15, 0.2) is 0 Å². The van der Waals surface area contributed by atoms with E-state index in [0.29, 0.717) is 31.2 Å². The van der Waals surface area contributed by atoms with Gasteiger partial charge in [0.05, 0.1) is 32.2 Å². The van der Waals surface area contributed by atoms with Crippen LogP contribution in [0.25, 0.3) is 0 Å². The van der Waals surface area contributed by atoms with Crippen LogP contribution in [-0.4, -0.2) is 45.8 Å². The molecule has 9 heteroatoms. The summed E-state index contributed by atoms with van der Waals surface area (Å²) < 4.78 is 20.3. The first-order chi connectivity index (χ1) is 15.6. The van der Waals surface area contributed by atoms with E-state index in [4.69, 9.17) is 19.3 Å². The molecule has 168 valence electrons. The highest BCUT2D eigenvalue weighted by Gasteiger charge is 2.43. The summed E-state index contributed by atoms with van der Waals surface area (Å²) in [4.78, 5) is 15.9. The topological polar surface area (TPSA) is 94.8 Å². The normalized spacial score (nSPS) is 20.2. The van der Waals surface area contributed by atoms with Crippen molar-refractivity contribution in [2.45, 2.75) is 30.3 Å². The van der Waals surface area contributed by atoms with Crippen LogP contribution in [0, 0.1) is 0 Å². The van der Waals surface area contributed by atoms with E-state index in [0.717, 1.165) is 16.2 Å². The largest absolute Gasteiger partial charge is 0.494 e. The number of nitrogens with one attached hydrogen (secondary N) is 1. The van der Waals surface area contributed by atoms with Crippen molar-refractivity contribution in [3.8, 4) is 5.75 Å². The Balaban J connectivity index is 1.44. The lowest BCUT2D eigenvalue weighted by Crippen LogP contribution is -2.33. The molecule has 1 aliphatic heterocycles. The number of carbonyl (C=O) groups is 1. The first-order valence-electron chi connectivity index (χ1n) is 10.3. The molecule has 0 saturated carbocycles. The van der Waals surface area contributed by atoms with Crippen LogP contribution in [0.5, 0.6) is 5.75 Å². The molecule has 2 heterocycles. The second kappa shape index (κ2) is 10.1. The molecule has 1 aliphatic rings. The molecule has 2 atom stereocenters. The fourth-order valence-corrected chi connectivity index (χ4v) is 4.38. The van der Waals surface area contributed by atoms with Crippen molar-refractivity contribution in [3.63, 3.8) is 0 Å². The van der Waals surface area contributed by atoms with Crippen molar-refractivity contribution < 1.29 is 24.1 Å². The molecule has 2 aromatic carbocycles. The number of rotatable bonds is 9. The Morgan fingerprint density at radius 2 is 2.06 bits per heavy atom. The van der Waals surface area contributed by atoms with E-state index >= 15 is 0 Å². The number of ether oxygens (including phenoxy) is 3. The predicted octanol–water partition coefficient (Wildman–Crippen LogP) is 4.43. The standard InChI is InChI=1S/C23H25N3O5S/c1-2-29-19-7-3-17(4-8-19)23(15-26-12-11-24-16-26)30-13-20(31-23)14-32-21-9-5-18(6-10-21)25-22(27)28/h3-12,16,20,25H,2,13-15H2,1H3,(H,27,28). The fraction of sp³-hybridized carbons (Fsp3) is 0.304. The van der Waals surface area contributed by atoms with Crippen LogP contribution >= 0.6 is 11.8 Å². The maximum Gasteiger partial charge on any atom is 0.409 e. The van der Waals surface area contributed by atoms with E-state index < -0.39 is 11.9 Å². The third kappa shape index (κ3) is 5.42. The van der Waals surface area contributed by atoms with Crippen molar-refractivity contribution in [2.24, 2.45) is 0 Å². The van der Waals surface area contributed by atoms with Crippen LogP contribution in [0.3, 0.4) is 0 Å². The zero-order chi connectivity index (χ0) is 22.4. The van der Waals surface area contributed by atoms with Crippen LogP contribution in [0.4, 0.5) is 10.5 Å². The summed E-state index contributed by atoms with van der Waals surface area (Å²) in [7, 11) is 0. The number of hydrogen-bond acceptors (Lipinski definition) is 6. The Bertz CT molecular complexity index is 1010. The Morgan fingerprint density at radius 3 is 2.72 bits per heavy atom. The fourth-order valence-electron chi connectivity index (χ4n) is 3.51. The molecule has 1 saturated heterocycles. The number of nitrogens with zero attached hydrogens (tertiary/aromatic N) is 2. The van der Waals surface area contributed by atoms with Crippen LogP contribution in [-0.2, 0) is 21.8 Å². The molecule has 0 aliphatic carbocycles. The van der Waals surface area contributed by atoms with Gasteiger partial charge in [0.25, 0.3) is 0 Å². The number of aromatic nitrogens is 2. The summed E-state index contributed by atoms with van der Waals surface area (Å²) in [5.41, 5.74) is 1.46. The van der Waals surface area contributed by atoms with Gasteiger partial charge in [-0.15, -0.1) is 11.8 Å². The lowest BCUT2D eigenvalue weighted by molar-refractivity contribution is -0.184. The van der Waals surface area contributed by atoms with Gasteiger partial charge in [-0.25, -0.2) is 9.78 Å². The minimum Gasteiger partial charge on any atom is -0.494 e. The molecule has 2 unspecified atom stereocenters. The minimum absolute atomic E-state index is 0.105. The highest BCUT2D eigenvalue weighted by atomic mass is 32.2. The van der Waals surface area contributed by atoms with Crippen LogP contribution in [0.15, 0.2) is 72.1 Å². The zero-order valence-electron chi connectivity index (χ0n) is 17.6. The van der Waals surface area contributed by atoms with Crippen molar-refractivity contribution in [1.82, 2.24) is 9.55 Å².